The number of hydrogen-bond acceptors (Lipinski definition) is 3. The summed E-state index contributed by atoms with van der Waals surface area (Å²) in [6.45, 7) is 16.0. The fourth-order valence-corrected chi connectivity index (χ4v) is 2.84. The highest BCUT2D eigenvalue weighted by Crippen LogP contribution is 2.29. The van der Waals surface area contributed by atoms with Gasteiger partial charge in [0, 0.05) is 38.1 Å². The Hall–Kier alpha value is -0.600. The van der Waals surface area contributed by atoms with Gasteiger partial charge in [-0.1, -0.05) is 26.7 Å². The molecule has 3 nitrogen and oxygen atoms in total. The summed E-state index contributed by atoms with van der Waals surface area (Å²) in [7, 11) is 0. The fourth-order valence-electron chi connectivity index (χ4n) is 2.84. The molecule has 0 spiro atoms. The average Bonchev–Trinajstić information content (AvgIpc) is 2.54. The second-order valence-electron chi connectivity index (χ2n) is 6.74. The van der Waals surface area contributed by atoms with Crippen molar-refractivity contribution < 1.29 is 4.74 Å². The average molecular weight is 309 g/mol. The Kier molecular flexibility index (Phi) is 9.74. The van der Waals surface area contributed by atoms with Crippen molar-refractivity contribution in [2.24, 2.45) is 5.41 Å². The van der Waals surface area contributed by atoms with E-state index in [1.165, 1.54) is 31.3 Å². The Morgan fingerprint density at radius 3 is 2.59 bits per heavy atom. The van der Waals surface area contributed by atoms with Gasteiger partial charge in [0.15, 0.2) is 0 Å². The lowest BCUT2D eigenvalue weighted by atomic mass is 9.80. The summed E-state index contributed by atoms with van der Waals surface area (Å²) in [5, 5.41) is 3.69. The number of morpholine rings is 1. The molecule has 0 unspecified atom stereocenters. The zero-order chi connectivity index (χ0) is 16.3. The van der Waals surface area contributed by atoms with Crippen LogP contribution < -0.4 is 5.32 Å². The van der Waals surface area contributed by atoms with E-state index in [1.54, 1.807) is 0 Å². The molecule has 0 bridgehead atoms. The maximum absolute atomic E-state index is 5.40. The van der Waals surface area contributed by atoms with Gasteiger partial charge in [-0.05, 0) is 38.3 Å². The Morgan fingerprint density at radius 1 is 1.27 bits per heavy atom. The van der Waals surface area contributed by atoms with E-state index in [9.17, 15) is 0 Å². The molecule has 0 aromatic heterocycles. The molecular formula is C19H36N2O. The number of rotatable bonds is 10. The molecule has 0 radical (unpaired) electrons. The van der Waals surface area contributed by atoms with Crippen LogP contribution in [0.5, 0.6) is 0 Å². The van der Waals surface area contributed by atoms with Crippen LogP contribution in [0.4, 0.5) is 0 Å². The van der Waals surface area contributed by atoms with E-state index in [-0.39, 0.29) is 5.41 Å². The summed E-state index contributed by atoms with van der Waals surface area (Å²) in [4.78, 5) is 2.49. The monoisotopic (exact) mass is 308 g/mol. The van der Waals surface area contributed by atoms with E-state index in [1.807, 2.05) is 0 Å². The van der Waals surface area contributed by atoms with Crippen molar-refractivity contribution in [1.29, 1.82) is 0 Å². The molecule has 1 rings (SSSR count). The van der Waals surface area contributed by atoms with Crippen LogP contribution in [-0.4, -0.2) is 50.8 Å². The van der Waals surface area contributed by atoms with Gasteiger partial charge in [0.05, 0.1) is 13.2 Å². The molecule has 0 aromatic carbocycles. The van der Waals surface area contributed by atoms with Crippen molar-refractivity contribution in [1.82, 2.24) is 10.2 Å². The lowest BCUT2D eigenvalue weighted by Crippen LogP contribution is -2.42. The van der Waals surface area contributed by atoms with Gasteiger partial charge in [-0.15, -0.1) is 5.73 Å². The normalized spacial score (nSPS) is 18.5. The van der Waals surface area contributed by atoms with Gasteiger partial charge in [0.25, 0.3) is 0 Å². The lowest BCUT2D eigenvalue weighted by Gasteiger charge is -2.31. The van der Waals surface area contributed by atoms with Gasteiger partial charge in [-0.2, -0.15) is 0 Å². The van der Waals surface area contributed by atoms with E-state index >= 15 is 0 Å². The maximum atomic E-state index is 5.40. The standard InChI is InChI=1S/C19H36N2O/c1-5-7-9-19(6-2,10-8-18(3)4)17-20-11-12-21-13-15-22-16-14-21/h10,20H,5-7,9,11-17H2,1-4H3/t19-/m0/s1. The first-order chi connectivity index (χ1) is 10.6. The van der Waals surface area contributed by atoms with Crippen molar-refractivity contribution in [3.05, 3.63) is 17.4 Å². The zero-order valence-electron chi connectivity index (χ0n) is 15.2. The van der Waals surface area contributed by atoms with E-state index in [2.05, 4.69) is 49.7 Å². The smallest absolute Gasteiger partial charge is 0.0594 e. The number of unbranched alkanes of at least 4 members (excludes halogenated alkanes) is 1. The minimum atomic E-state index is 0.262. The number of hydrogen-bond donors (Lipinski definition) is 1. The van der Waals surface area contributed by atoms with E-state index in [4.69, 9.17) is 4.74 Å². The highest BCUT2D eigenvalue weighted by Gasteiger charge is 2.24. The van der Waals surface area contributed by atoms with Gasteiger partial charge in [-0.25, -0.2) is 0 Å². The molecule has 0 aliphatic carbocycles. The molecule has 1 aliphatic heterocycles. The summed E-state index contributed by atoms with van der Waals surface area (Å²) in [5.41, 5.74) is 4.99. The van der Waals surface area contributed by atoms with E-state index < -0.39 is 0 Å². The van der Waals surface area contributed by atoms with E-state index in [0.29, 0.717) is 0 Å². The first-order valence-corrected chi connectivity index (χ1v) is 9.04. The molecule has 1 aliphatic rings. The summed E-state index contributed by atoms with van der Waals surface area (Å²) in [6, 6.07) is 0. The molecule has 22 heavy (non-hydrogen) atoms. The number of nitrogens with one attached hydrogen (secondary N) is 1. The van der Waals surface area contributed by atoms with Crippen LogP contribution >= 0.6 is 0 Å². The van der Waals surface area contributed by atoms with Crippen molar-refractivity contribution >= 4 is 0 Å². The quantitative estimate of drug-likeness (QED) is 0.493. The summed E-state index contributed by atoms with van der Waals surface area (Å²) < 4.78 is 5.40. The fraction of sp³-hybridized carbons (Fsp3) is 0.842. The Balaban J connectivity index is 2.46. The van der Waals surface area contributed by atoms with Gasteiger partial charge >= 0.3 is 0 Å². The summed E-state index contributed by atoms with van der Waals surface area (Å²) >= 11 is 0. The van der Waals surface area contributed by atoms with Crippen LogP contribution in [0.2, 0.25) is 0 Å². The van der Waals surface area contributed by atoms with Gasteiger partial charge in [-0.3, -0.25) is 4.90 Å². The molecule has 0 saturated carbocycles. The topological polar surface area (TPSA) is 24.5 Å². The van der Waals surface area contributed by atoms with Crippen LogP contribution in [0.3, 0.4) is 0 Å². The number of ether oxygens (including phenoxy) is 1. The molecule has 1 saturated heterocycles. The third kappa shape index (κ3) is 7.60. The molecule has 0 amide bonds. The van der Waals surface area contributed by atoms with Crippen LogP contribution in [0.25, 0.3) is 0 Å². The highest BCUT2D eigenvalue weighted by molar-refractivity contribution is 5.04. The molecular weight excluding hydrogens is 272 g/mol. The Labute approximate surface area is 137 Å². The Morgan fingerprint density at radius 2 is 2.00 bits per heavy atom. The van der Waals surface area contributed by atoms with Crippen molar-refractivity contribution in [3.63, 3.8) is 0 Å². The lowest BCUT2D eigenvalue weighted by molar-refractivity contribution is 0.0382. The van der Waals surface area contributed by atoms with Crippen LogP contribution in [0.15, 0.2) is 17.4 Å². The van der Waals surface area contributed by atoms with Crippen molar-refractivity contribution in [2.45, 2.75) is 53.4 Å². The van der Waals surface area contributed by atoms with Crippen LogP contribution in [0.1, 0.15) is 53.4 Å². The molecule has 1 atom stereocenters. The first kappa shape index (κ1) is 19.4. The first-order valence-electron chi connectivity index (χ1n) is 9.04. The molecule has 128 valence electrons. The minimum absolute atomic E-state index is 0.262. The van der Waals surface area contributed by atoms with Gasteiger partial charge in [0.2, 0.25) is 0 Å². The van der Waals surface area contributed by atoms with Crippen molar-refractivity contribution in [2.75, 3.05) is 45.9 Å². The summed E-state index contributed by atoms with van der Waals surface area (Å²) in [6.07, 6.45) is 7.32. The minimum Gasteiger partial charge on any atom is -0.379 e. The molecule has 0 aromatic rings. The predicted octanol–water partition coefficient (Wildman–Crippen LogP) is 3.62. The molecule has 1 N–H and O–H groups in total. The maximum Gasteiger partial charge on any atom is 0.0594 e. The van der Waals surface area contributed by atoms with Gasteiger partial charge < -0.3 is 10.1 Å². The van der Waals surface area contributed by atoms with E-state index in [0.717, 1.165) is 45.9 Å². The Bertz CT molecular complexity index is 350. The third-order valence-electron chi connectivity index (χ3n) is 4.58. The predicted molar refractivity (Wildman–Crippen MR) is 95.3 cm³/mol. The van der Waals surface area contributed by atoms with Crippen LogP contribution in [-0.2, 0) is 4.74 Å². The zero-order valence-corrected chi connectivity index (χ0v) is 15.2. The second-order valence-corrected chi connectivity index (χ2v) is 6.74. The third-order valence-corrected chi connectivity index (χ3v) is 4.58. The molecule has 1 heterocycles. The van der Waals surface area contributed by atoms with Crippen molar-refractivity contribution in [3.8, 4) is 0 Å². The molecule has 3 heteroatoms. The number of nitrogens with zero attached hydrogens (tertiary/aromatic N) is 1. The SMILES string of the molecule is CCCC[C@](C=C=C(C)C)(CC)CNCCN1CCOCC1. The summed E-state index contributed by atoms with van der Waals surface area (Å²) in [5.74, 6) is 0. The van der Waals surface area contributed by atoms with Crippen LogP contribution in [0, 0.1) is 5.41 Å². The second kappa shape index (κ2) is 11.0. The molecule has 1 fully saturated rings. The highest BCUT2D eigenvalue weighted by atomic mass is 16.5. The largest absolute Gasteiger partial charge is 0.379 e. The van der Waals surface area contributed by atoms with Gasteiger partial charge in [0.1, 0.15) is 0 Å².